The molecule has 3 aromatic carbocycles. The van der Waals surface area contributed by atoms with E-state index in [1.54, 1.807) is 13.2 Å². The van der Waals surface area contributed by atoms with E-state index in [9.17, 15) is 9.59 Å². The highest BCUT2D eigenvalue weighted by molar-refractivity contribution is 7.26. The normalized spacial score (nSPS) is 10.8. The number of carbonyl (C=O) groups is 2. The third kappa shape index (κ3) is 4.95. The van der Waals surface area contributed by atoms with Crippen molar-refractivity contribution in [1.82, 2.24) is 0 Å². The van der Waals surface area contributed by atoms with Crippen molar-refractivity contribution < 1.29 is 28.2 Å². The number of carbonyl (C=O) groups excluding carboxylic acids is 2. The molecule has 4 aromatic rings. The molecule has 4 rings (SSSR count). The Labute approximate surface area is 206 Å². The molecule has 0 fully saturated rings. The molecule has 35 heavy (non-hydrogen) atoms. The summed E-state index contributed by atoms with van der Waals surface area (Å²) in [7, 11) is 1.59. The van der Waals surface area contributed by atoms with Crippen LogP contribution in [0.4, 0.5) is 4.39 Å². The van der Waals surface area contributed by atoms with Gasteiger partial charge in [-0.25, -0.2) is 14.0 Å². The Hall–Kier alpha value is -3.97. The van der Waals surface area contributed by atoms with Gasteiger partial charge in [0.05, 0.1) is 23.1 Å². The van der Waals surface area contributed by atoms with Crippen LogP contribution in [0.3, 0.4) is 0 Å². The van der Waals surface area contributed by atoms with Crippen LogP contribution in [0.1, 0.15) is 12.0 Å². The number of halogens is 1. The monoisotopic (exact) mass is 490 g/mol. The Morgan fingerprint density at radius 2 is 1.63 bits per heavy atom. The van der Waals surface area contributed by atoms with Crippen molar-refractivity contribution in [3.63, 3.8) is 0 Å². The van der Waals surface area contributed by atoms with Crippen LogP contribution in [0.5, 0.6) is 11.5 Å². The molecule has 0 amide bonds. The number of rotatable bonds is 9. The number of ether oxygens (including phenoxy) is 3. The first-order chi connectivity index (χ1) is 17.0. The smallest absolute Gasteiger partial charge is 0.335 e. The third-order valence-electron chi connectivity index (χ3n) is 5.54. The second-order valence-electron chi connectivity index (χ2n) is 7.68. The van der Waals surface area contributed by atoms with Gasteiger partial charge in [0.2, 0.25) is 0 Å². The van der Waals surface area contributed by atoms with Gasteiger partial charge in [0, 0.05) is 28.5 Å². The highest BCUT2D eigenvalue weighted by atomic mass is 32.1. The summed E-state index contributed by atoms with van der Waals surface area (Å²) >= 11 is 1.25. The van der Waals surface area contributed by atoms with Gasteiger partial charge in [-0.05, 0) is 42.2 Å². The predicted octanol–water partition coefficient (Wildman–Crippen LogP) is 6.62. The van der Waals surface area contributed by atoms with Crippen LogP contribution in [0, 0.1) is 5.82 Å². The molecule has 0 saturated carbocycles. The molecule has 0 saturated heterocycles. The molecule has 0 aliphatic rings. The number of aryl methyl sites for hydroxylation is 1. The van der Waals surface area contributed by atoms with Crippen molar-refractivity contribution in [1.29, 1.82) is 0 Å². The topological polar surface area (TPSA) is 61.8 Å². The lowest BCUT2D eigenvalue weighted by Crippen LogP contribution is -2.04. The summed E-state index contributed by atoms with van der Waals surface area (Å²) in [6.07, 6.45) is 3.63. The summed E-state index contributed by atoms with van der Waals surface area (Å²) in [6, 6.07) is 15.2. The van der Waals surface area contributed by atoms with Gasteiger partial charge < -0.3 is 14.2 Å². The number of methoxy groups -OCH3 is 1. The van der Waals surface area contributed by atoms with Crippen molar-refractivity contribution in [2.24, 2.45) is 0 Å². The lowest BCUT2D eigenvalue weighted by atomic mass is 10.00. The molecule has 0 spiro atoms. The van der Waals surface area contributed by atoms with E-state index in [0.717, 1.165) is 50.7 Å². The van der Waals surface area contributed by atoms with Gasteiger partial charge in [-0.3, -0.25) is 0 Å². The number of hydrogen-bond donors (Lipinski definition) is 0. The van der Waals surface area contributed by atoms with Crippen LogP contribution in [-0.4, -0.2) is 25.7 Å². The predicted molar refractivity (Wildman–Crippen MR) is 137 cm³/mol. The molecule has 0 aliphatic heterocycles. The SMILES string of the molecule is C=CC(=O)OCCCc1ccc(-c2ccc3c(sc4c(F)c(OC(=O)C=C)ccc43)c2OC)cc1. The fraction of sp³-hybridized carbons (Fsp3) is 0.143. The molecule has 1 heterocycles. The first-order valence-corrected chi connectivity index (χ1v) is 11.7. The van der Waals surface area contributed by atoms with Gasteiger partial charge in [-0.2, -0.15) is 0 Å². The quantitative estimate of drug-likeness (QED) is 0.114. The van der Waals surface area contributed by atoms with E-state index in [-0.39, 0.29) is 5.75 Å². The molecule has 0 N–H and O–H groups in total. The van der Waals surface area contributed by atoms with Gasteiger partial charge >= 0.3 is 11.9 Å². The molecule has 0 atom stereocenters. The van der Waals surface area contributed by atoms with Crippen LogP contribution in [0.15, 0.2) is 73.8 Å². The molecule has 0 unspecified atom stereocenters. The first kappa shape index (κ1) is 24.2. The number of hydrogen-bond acceptors (Lipinski definition) is 6. The zero-order valence-corrected chi connectivity index (χ0v) is 20.0. The number of fused-ring (bicyclic) bond motifs is 3. The zero-order valence-electron chi connectivity index (χ0n) is 19.1. The van der Waals surface area contributed by atoms with Gasteiger partial charge in [-0.15, -0.1) is 11.3 Å². The lowest BCUT2D eigenvalue weighted by molar-refractivity contribution is -0.137. The number of esters is 2. The summed E-state index contributed by atoms with van der Waals surface area (Å²) in [5.74, 6) is -1.21. The third-order valence-corrected chi connectivity index (χ3v) is 6.75. The van der Waals surface area contributed by atoms with Crippen molar-refractivity contribution in [2.45, 2.75) is 12.8 Å². The molecule has 0 radical (unpaired) electrons. The molecule has 178 valence electrons. The largest absolute Gasteiger partial charge is 0.495 e. The minimum atomic E-state index is -0.717. The lowest BCUT2D eigenvalue weighted by Gasteiger charge is -2.11. The average molecular weight is 491 g/mol. The van der Waals surface area contributed by atoms with Crippen molar-refractivity contribution in [3.05, 3.63) is 85.2 Å². The van der Waals surface area contributed by atoms with E-state index in [1.807, 2.05) is 36.4 Å². The van der Waals surface area contributed by atoms with Crippen molar-refractivity contribution in [3.8, 4) is 22.6 Å². The summed E-state index contributed by atoms with van der Waals surface area (Å²) in [4.78, 5) is 22.7. The minimum absolute atomic E-state index is 0.136. The molecular weight excluding hydrogens is 467 g/mol. The van der Waals surface area contributed by atoms with Gasteiger partial charge in [-0.1, -0.05) is 43.5 Å². The summed E-state index contributed by atoms with van der Waals surface area (Å²) in [5, 5.41) is 1.58. The van der Waals surface area contributed by atoms with Crippen LogP contribution >= 0.6 is 11.3 Å². The minimum Gasteiger partial charge on any atom is -0.495 e. The van der Waals surface area contributed by atoms with Gasteiger partial charge in [0.25, 0.3) is 0 Å². The first-order valence-electron chi connectivity index (χ1n) is 10.9. The van der Waals surface area contributed by atoms with Crippen LogP contribution in [0.2, 0.25) is 0 Å². The average Bonchev–Trinajstić information content (AvgIpc) is 3.27. The summed E-state index contributed by atoms with van der Waals surface area (Å²) < 4.78 is 32.1. The van der Waals surface area contributed by atoms with Gasteiger partial charge in [0.15, 0.2) is 11.6 Å². The molecule has 0 bridgehead atoms. The Bertz CT molecular complexity index is 1440. The van der Waals surface area contributed by atoms with Crippen LogP contribution in [-0.2, 0) is 20.7 Å². The highest BCUT2D eigenvalue weighted by Gasteiger charge is 2.19. The van der Waals surface area contributed by atoms with Crippen LogP contribution < -0.4 is 9.47 Å². The Morgan fingerprint density at radius 1 is 0.943 bits per heavy atom. The highest BCUT2D eigenvalue weighted by Crippen LogP contribution is 2.46. The molecule has 1 aromatic heterocycles. The fourth-order valence-corrected chi connectivity index (χ4v) is 5.10. The molecule has 5 nitrogen and oxygen atoms in total. The number of benzene rings is 3. The van der Waals surface area contributed by atoms with E-state index < -0.39 is 17.8 Å². The molecule has 0 aliphatic carbocycles. The maximum Gasteiger partial charge on any atom is 0.335 e. The van der Waals surface area contributed by atoms with Gasteiger partial charge in [0.1, 0.15) is 5.75 Å². The number of thiophene rings is 1. The standard InChI is InChI=1S/C28H23FO5S/c1-4-23(30)33-16-6-7-17-8-10-18(11-9-17)19-12-13-21-20-14-15-22(34-24(31)5-2)25(29)27(20)35-28(21)26(19)32-3/h4-5,8-15H,1-2,6-7,16H2,3H3. The fourth-order valence-electron chi connectivity index (χ4n) is 3.85. The second-order valence-corrected chi connectivity index (χ2v) is 8.70. The Morgan fingerprint density at radius 3 is 2.31 bits per heavy atom. The zero-order chi connectivity index (χ0) is 24.9. The van der Waals surface area contributed by atoms with E-state index in [0.29, 0.717) is 23.5 Å². The maximum atomic E-state index is 15.1. The van der Waals surface area contributed by atoms with Crippen molar-refractivity contribution >= 4 is 43.4 Å². The van der Waals surface area contributed by atoms with E-state index in [1.165, 1.54) is 17.4 Å². The maximum absolute atomic E-state index is 15.1. The summed E-state index contributed by atoms with van der Waals surface area (Å²) in [5.41, 5.74) is 2.97. The van der Waals surface area contributed by atoms with E-state index >= 15 is 4.39 Å². The molecule has 7 heteroatoms. The second kappa shape index (κ2) is 10.5. The van der Waals surface area contributed by atoms with Crippen molar-refractivity contribution in [2.75, 3.05) is 13.7 Å². The molecular formula is C28H23FO5S. The van der Waals surface area contributed by atoms with E-state index in [2.05, 4.69) is 13.2 Å². The summed E-state index contributed by atoms with van der Waals surface area (Å²) in [6.45, 7) is 7.07. The Kier molecular flexibility index (Phi) is 7.27. The Balaban J connectivity index is 1.64. The van der Waals surface area contributed by atoms with E-state index in [4.69, 9.17) is 14.2 Å². The van der Waals surface area contributed by atoms with Crippen LogP contribution in [0.25, 0.3) is 31.3 Å².